The summed E-state index contributed by atoms with van der Waals surface area (Å²) in [6.45, 7) is 7.05. The summed E-state index contributed by atoms with van der Waals surface area (Å²) < 4.78 is 4.67. The van der Waals surface area contributed by atoms with Gasteiger partial charge in [0.15, 0.2) is 0 Å². The Labute approximate surface area is 103 Å². The van der Waals surface area contributed by atoms with Crippen LogP contribution >= 0.6 is 0 Å². The first-order valence-corrected chi connectivity index (χ1v) is 6.09. The minimum Gasteiger partial charge on any atom is -0.467 e. The highest BCUT2D eigenvalue weighted by Gasteiger charge is 2.22. The molecule has 0 aromatic rings. The lowest BCUT2D eigenvalue weighted by molar-refractivity contribution is -0.145. The van der Waals surface area contributed by atoms with E-state index in [2.05, 4.69) is 15.4 Å². The van der Waals surface area contributed by atoms with Crippen LogP contribution in [0.15, 0.2) is 0 Å². The van der Waals surface area contributed by atoms with Crippen molar-refractivity contribution in [3.63, 3.8) is 0 Å². The Kier molecular flexibility index (Phi) is 8.40. The Balaban J connectivity index is 4.13. The molecule has 0 aliphatic heterocycles. The third-order valence-electron chi connectivity index (χ3n) is 2.24. The van der Waals surface area contributed by atoms with E-state index in [0.29, 0.717) is 12.3 Å². The largest absolute Gasteiger partial charge is 0.467 e. The number of hydrogen-bond acceptors (Lipinski definition) is 4. The van der Waals surface area contributed by atoms with Crippen LogP contribution in [0.1, 0.15) is 33.6 Å². The van der Waals surface area contributed by atoms with E-state index in [1.165, 1.54) is 7.11 Å². The van der Waals surface area contributed by atoms with Gasteiger partial charge in [0.25, 0.3) is 0 Å². The summed E-state index contributed by atoms with van der Waals surface area (Å²) in [5, 5.41) is 5.67. The second-order valence-electron chi connectivity index (χ2n) is 4.45. The summed E-state index contributed by atoms with van der Waals surface area (Å²) in [6, 6.07) is -0.545. The zero-order chi connectivity index (χ0) is 13.3. The molecule has 0 aromatic carbocycles. The Morgan fingerprint density at radius 3 is 2.41 bits per heavy atom. The number of carbonyl (C=O) groups excluding carboxylic acids is 2. The predicted molar refractivity (Wildman–Crippen MR) is 66.6 cm³/mol. The maximum absolute atomic E-state index is 11.5. The van der Waals surface area contributed by atoms with E-state index in [-0.39, 0.29) is 18.4 Å². The molecule has 0 aromatic heterocycles. The smallest absolute Gasteiger partial charge is 0.328 e. The molecule has 1 atom stereocenters. The summed E-state index contributed by atoms with van der Waals surface area (Å²) in [5.74, 6) is -0.236. The molecule has 0 bridgehead atoms. The maximum Gasteiger partial charge on any atom is 0.328 e. The van der Waals surface area contributed by atoms with Crippen molar-refractivity contribution in [1.29, 1.82) is 0 Å². The molecule has 0 radical (unpaired) electrons. The zero-order valence-electron chi connectivity index (χ0n) is 11.2. The van der Waals surface area contributed by atoms with Crippen LogP contribution in [-0.4, -0.2) is 38.1 Å². The molecular formula is C12H24N2O3. The van der Waals surface area contributed by atoms with Gasteiger partial charge in [-0.3, -0.25) is 4.79 Å². The number of methoxy groups -OCH3 is 1. The quantitative estimate of drug-likeness (QED) is 0.487. The fraction of sp³-hybridized carbons (Fsp3) is 0.833. The summed E-state index contributed by atoms with van der Waals surface area (Å²) in [4.78, 5) is 23.0. The molecule has 0 saturated carbocycles. The molecule has 1 unspecified atom stereocenters. The van der Waals surface area contributed by atoms with Gasteiger partial charge < -0.3 is 15.4 Å². The number of amides is 1. The van der Waals surface area contributed by atoms with Gasteiger partial charge in [0.1, 0.15) is 6.04 Å². The molecule has 0 spiro atoms. The lowest BCUT2D eigenvalue weighted by atomic mass is 10.0. The number of ether oxygens (including phenoxy) is 1. The van der Waals surface area contributed by atoms with Crippen molar-refractivity contribution in [1.82, 2.24) is 10.6 Å². The average Bonchev–Trinajstić information content (AvgIpc) is 2.27. The predicted octanol–water partition coefficient (Wildman–Crippen LogP) is 0.690. The first-order valence-electron chi connectivity index (χ1n) is 6.09. The van der Waals surface area contributed by atoms with E-state index in [1.54, 1.807) is 0 Å². The highest BCUT2D eigenvalue weighted by atomic mass is 16.5. The van der Waals surface area contributed by atoms with Crippen molar-refractivity contribution < 1.29 is 14.3 Å². The van der Waals surface area contributed by atoms with Crippen LogP contribution in [0.4, 0.5) is 0 Å². The lowest BCUT2D eigenvalue weighted by Gasteiger charge is -2.18. The Morgan fingerprint density at radius 2 is 1.94 bits per heavy atom. The first kappa shape index (κ1) is 15.9. The molecular weight excluding hydrogens is 220 g/mol. The van der Waals surface area contributed by atoms with Crippen LogP contribution in [0.5, 0.6) is 0 Å². The number of nitrogens with one attached hydrogen (secondary N) is 2. The van der Waals surface area contributed by atoms with Gasteiger partial charge in [-0.25, -0.2) is 4.79 Å². The van der Waals surface area contributed by atoms with Gasteiger partial charge in [-0.15, -0.1) is 0 Å². The van der Waals surface area contributed by atoms with E-state index in [0.717, 1.165) is 13.0 Å². The van der Waals surface area contributed by atoms with Crippen LogP contribution in [0.25, 0.3) is 0 Å². The second-order valence-corrected chi connectivity index (χ2v) is 4.45. The Morgan fingerprint density at radius 1 is 1.29 bits per heavy atom. The number of hydrogen-bond donors (Lipinski definition) is 2. The van der Waals surface area contributed by atoms with Crippen LogP contribution in [0.3, 0.4) is 0 Å². The summed E-state index contributed by atoms with van der Waals surface area (Å²) in [6.07, 6.45) is 1.56. The summed E-state index contributed by atoms with van der Waals surface area (Å²) >= 11 is 0. The Hall–Kier alpha value is -1.10. The monoisotopic (exact) mass is 244 g/mol. The van der Waals surface area contributed by atoms with Crippen LogP contribution < -0.4 is 10.6 Å². The molecule has 1 amide bonds. The van der Waals surface area contributed by atoms with Gasteiger partial charge in [-0.2, -0.15) is 0 Å². The first-order chi connectivity index (χ1) is 8.01. The second kappa shape index (κ2) is 8.98. The molecule has 2 N–H and O–H groups in total. The standard InChI is InChI=1S/C12H24N2O3/c1-5-6-13-8-11(15)14-10(7-9(2)3)12(16)17-4/h9-10,13H,5-8H2,1-4H3,(H,14,15). The number of esters is 1. The topological polar surface area (TPSA) is 67.4 Å². The third kappa shape index (κ3) is 7.74. The fourth-order valence-electron chi connectivity index (χ4n) is 1.45. The van der Waals surface area contributed by atoms with E-state index in [4.69, 9.17) is 0 Å². The van der Waals surface area contributed by atoms with Gasteiger partial charge in [0.05, 0.1) is 13.7 Å². The van der Waals surface area contributed by atoms with Crippen LogP contribution in [0.2, 0.25) is 0 Å². The minimum atomic E-state index is -0.545. The van der Waals surface area contributed by atoms with Crippen molar-refractivity contribution in [3.8, 4) is 0 Å². The molecule has 0 rings (SSSR count). The van der Waals surface area contributed by atoms with Gasteiger partial charge >= 0.3 is 5.97 Å². The molecule has 5 heteroatoms. The normalized spacial score (nSPS) is 12.3. The highest BCUT2D eigenvalue weighted by Crippen LogP contribution is 2.05. The molecule has 17 heavy (non-hydrogen) atoms. The van der Waals surface area contributed by atoms with Crippen LogP contribution in [0, 0.1) is 5.92 Å². The van der Waals surface area contributed by atoms with Crippen molar-refractivity contribution in [2.75, 3.05) is 20.2 Å². The van der Waals surface area contributed by atoms with E-state index in [1.807, 2.05) is 20.8 Å². The van der Waals surface area contributed by atoms with Gasteiger partial charge in [-0.05, 0) is 25.3 Å². The molecule has 0 aliphatic carbocycles. The number of carbonyl (C=O) groups is 2. The van der Waals surface area contributed by atoms with Gasteiger partial charge in [-0.1, -0.05) is 20.8 Å². The zero-order valence-corrected chi connectivity index (χ0v) is 11.2. The van der Waals surface area contributed by atoms with Crippen molar-refractivity contribution >= 4 is 11.9 Å². The average molecular weight is 244 g/mol. The fourth-order valence-corrected chi connectivity index (χ4v) is 1.45. The van der Waals surface area contributed by atoms with Crippen molar-refractivity contribution in [2.24, 2.45) is 5.92 Å². The van der Waals surface area contributed by atoms with E-state index < -0.39 is 6.04 Å². The molecule has 0 saturated heterocycles. The minimum absolute atomic E-state index is 0.172. The Bertz CT molecular complexity index is 242. The third-order valence-corrected chi connectivity index (χ3v) is 2.24. The summed E-state index contributed by atoms with van der Waals surface area (Å²) in [5.41, 5.74) is 0. The van der Waals surface area contributed by atoms with Gasteiger partial charge in [0, 0.05) is 0 Å². The lowest BCUT2D eigenvalue weighted by Crippen LogP contribution is -2.45. The SMILES string of the molecule is CCCNCC(=O)NC(CC(C)C)C(=O)OC. The molecule has 0 heterocycles. The van der Waals surface area contributed by atoms with E-state index >= 15 is 0 Å². The molecule has 0 aliphatic rings. The van der Waals surface area contributed by atoms with Crippen molar-refractivity contribution in [3.05, 3.63) is 0 Å². The molecule has 100 valence electrons. The summed E-state index contributed by atoms with van der Waals surface area (Å²) in [7, 11) is 1.33. The van der Waals surface area contributed by atoms with Gasteiger partial charge in [0.2, 0.25) is 5.91 Å². The van der Waals surface area contributed by atoms with Crippen LogP contribution in [-0.2, 0) is 14.3 Å². The molecule has 5 nitrogen and oxygen atoms in total. The maximum atomic E-state index is 11.5. The molecule has 0 fully saturated rings. The highest BCUT2D eigenvalue weighted by molar-refractivity contribution is 5.85. The van der Waals surface area contributed by atoms with E-state index in [9.17, 15) is 9.59 Å². The van der Waals surface area contributed by atoms with Crippen molar-refractivity contribution in [2.45, 2.75) is 39.7 Å². The number of rotatable bonds is 8.